The standard InChI is InChI=1S/C8H14N2O8S2/c9-3-7(19(13,14)15)5(11)1-2-6(12)8(4-10)20(16,17)18/h1-2,7-8H,3-4,9-10H2,(H,13,14,15)(H,16,17,18)/b2-1+. The van der Waals surface area contributed by atoms with Crippen molar-refractivity contribution in [3.8, 4) is 0 Å². The quantitative estimate of drug-likeness (QED) is 0.265. The lowest BCUT2D eigenvalue weighted by molar-refractivity contribution is -0.116. The molecule has 0 aliphatic heterocycles. The molecule has 116 valence electrons. The smallest absolute Gasteiger partial charge is 0.276 e. The number of hydrogen-bond donors (Lipinski definition) is 4. The summed E-state index contributed by atoms with van der Waals surface area (Å²) in [6.45, 7) is -1.45. The number of hydrogen-bond acceptors (Lipinski definition) is 8. The van der Waals surface area contributed by atoms with Gasteiger partial charge in [0, 0.05) is 13.1 Å². The molecule has 0 aliphatic rings. The van der Waals surface area contributed by atoms with Crippen molar-refractivity contribution in [2.24, 2.45) is 11.5 Å². The summed E-state index contributed by atoms with van der Waals surface area (Å²) >= 11 is 0. The molecule has 0 spiro atoms. The largest absolute Gasteiger partial charge is 0.329 e. The lowest BCUT2D eigenvalue weighted by atomic mass is 10.2. The van der Waals surface area contributed by atoms with Gasteiger partial charge in [0.1, 0.15) is 0 Å². The summed E-state index contributed by atoms with van der Waals surface area (Å²) in [5.41, 5.74) is 9.97. The summed E-state index contributed by atoms with van der Waals surface area (Å²) in [5.74, 6) is -2.43. The fourth-order valence-corrected chi connectivity index (χ4v) is 2.38. The minimum atomic E-state index is -4.75. The molecule has 0 aliphatic carbocycles. The second-order valence-corrected chi connectivity index (χ2v) is 6.81. The summed E-state index contributed by atoms with van der Waals surface area (Å²) in [7, 11) is -9.49. The number of nitrogens with two attached hydrogens (primary N) is 2. The van der Waals surface area contributed by atoms with Gasteiger partial charge in [-0.05, 0) is 12.2 Å². The van der Waals surface area contributed by atoms with Gasteiger partial charge in [-0.25, -0.2) is 0 Å². The zero-order valence-electron chi connectivity index (χ0n) is 10.0. The van der Waals surface area contributed by atoms with Gasteiger partial charge in [-0.15, -0.1) is 0 Å². The minimum absolute atomic E-state index is 0.446. The van der Waals surface area contributed by atoms with Crippen molar-refractivity contribution in [1.82, 2.24) is 0 Å². The highest BCUT2D eigenvalue weighted by Gasteiger charge is 2.30. The maximum Gasteiger partial charge on any atom is 0.276 e. The molecule has 0 radical (unpaired) electrons. The second-order valence-electron chi connectivity index (χ2n) is 3.62. The van der Waals surface area contributed by atoms with E-state index in [1.54, 1.807) is 0 Å². The van der Waals surface area contributed by atoms with Crippen LogP contribution in [0.1, 0.15) is 0 Å². The molecule has 0 amide bonds. The molecule has 0 saturated heterocycles. The fraction of sp³-hybridized carbons (Fsp3) is 0.500. The summed E-state index contributed by atoms with van der Waals surface area (Å²) in [6, 6.07) is 0. The van der Waals surface area contributed by atoms with E-state index in [4.69, 9.17) is 20.6 Å². The number of carbonyl (C=O) groups is 2. The average Bonchev–Trinajstić information content (AvgIpc) is 2.24. The van der Waals surface area contributed by atoms with Gasteiger partial charge in [-0.2, -0.15) is 16.8 Å². The van der Waals surface area contributed by atoms with E-state index in [1.165, 1.54) is 0 Å². The lowest BCUT2D eigenvalue weighted by Crippen LogP contribution is -2.37. The van der Waals surface area contributed by atoms with Crippen LogP contribution in [0.15, 0.2) is 12.2 Å². The Labute approximate surface area is 115 Å². The average molecular weight is 330 g/mol. The van der Waals surface area contributed by atoms with Crippen molar-refractivity contribution in [2.75, 3.05) is 13.1 Å². The van der Waals surface area contributed by atoms with Crippen LogP contribution < -0.4 is 11.5 Å². The van der Waals surface area contributed by atoms with Crippen molar-refractivity contribution < 1.29 is 35.5 Å². The maximum atomic E-state index is 11.4. The Morgan fingerprint density at radius 2 is 1.10 bits per heavy atom. The van der Waals surface area contributed by atoms with E-state index >= 15 is 0 Å². The predicted molar refractivity (Wildman–Crippen MR) is 67.9 cm³/mol. The molecule has 2 atom stereocenters. The molecule has 0 aromatic rings. The Bertz CT molecular complexity index is 552. The first-order chi connectivity index (χ1) is 8.95. The van der Waals surface area contributed by atoms with Crippen LogP contribution in [-0.2, 0) is 29.8 Å². The van der Waals surface area contributed by atoms with Crippen LogP contribution in [0.3, 0.4) is 0 Å². The topological polar surface area (TPSA) is 195 Å². The molecule has 0 aromatic heterocycles. The SMILES string of the molecule is NCC(C(=O)/C=C/C(=O)C(CN)S(=O)(=O)O)S(=O)(=O)O. The molecule has 0 fully saturated rings. The van der Waals surface area contributed by atoms with Crippen LogP contribution in [0.25, 0.3) is 0 Å². The Hall–Kier alpha value is -1.18. The third kappa shape index (κ3) is 5.44. The zero-order valence-corrected chi connectivity index (χ0v) is 11.7. The van der Waals surface area contributed by atoms with Gasteiger partial charge in [0.15, 0.2) is 22.1 Å². The molecule has 6 N–H and O–H groups in total. The number of carbonyl (C=O) groups excluding carboxylic acids is 2. The van der Waals surface area contributed by atoms with Gasteiger partial charge >= 0.3 is 0 Å². The first kappa shape index (κ1) is 18.8. The second kappa shape index (κ2) is 7.01. The highest BCUT2D eigenvalue weighted by molar-refractivity contribution is 7.87. The van der Waals surface area contributed by atoms with Crippen molar-refractivity contribution >= 4 is 31.8 Å². The minimum Gasteiger partial charge on any atom is -0.329 e. The van der Waals surface area contributed by atoms with Gasteiger partial charge in [-0.1, -0.05) is 0 Å². The van der Waals surface area contributed by atoms with Gasteiger partial charge in [0.25, 0.3) is 20.2 Å². The summed E-state index contributed by atoms with van der Waals surface area (Å²) in [4.78, 5) is 22.8. The molecule has 2 unspecified atom stereocenters. The molecule has 0 rings (SSSR count). The van der Waals surface area contributed by atoms with E-state index < -0.39 is 55.4 Å². The highest BCUT2D eigenvalue weighted by atomic mass is 32.2. The summed E-state index contributed by atoms with van der Waals surface area (Å²) in [6.07, 6.45) is 0.892. The van der Waals surface area contributed by atoms with Crippen LogP contribution in [0.5, 0.6) is 0 Å². The Morgan fingerprint density at radius 3 is 1.25 bits per heavy atom. The van der Waals surface area contributed by atoms with Gasteiger partial charge < -0.3 is 11.5 Å². The van der Waals surface area contributed by atoms with E-state index in [-0.39, 0.29) is 0 Å². The van der Waals surface area contributed by atoms with Gasteiger partial charge in [0.05, 0.1) is 0 Å². The molecule has 12 heteroatoms. The van der Waals surface area contributed by atoms with E-state index in [0.29, 0.717) is 12.2 Å². The molecule has 0 heterocycles. The fourth-order valence-electron chi connectivity index (χ4n) is 1.15. The molecular weight excluding hydrogens is 316 g/mol. The van der Waals surface area contributed by atoms with Crippen LogP contribution in [-0.4, -0.2) is 61.1 Å². The first-order valence-corrected chi connectivity index (χ1v) is 8.04. The number of allylic oxidation sites excluding steroid dienone is 2. The zero-order chi connectivity index (χ0) is 16.1. The predicted octanol–water partition coefficient (Wildman–Crippen LogP) is -2.89. The third-order valence-electron chi connectivity index (χ3n) is 2.19. The van der Waals surface area contributed by atoms with E-state index in [2.05, 4.69) is 0 Å². The number of rotatable bonds is 8. The van der Waals surface area contributed by atoms with Crippen LogP contribution in [0.4, 0.5) is 0 Å². The summed E-state index contributed by atoms with van der Waals surface area (Å²) < 4.78 is 60.5. The molecule has 0 aromatic carbocycles. The third-order valence-corrected chi connectivity index (χ3v) is 4.48. The molecule has 0 saturated carbocycles. The first-order valence-electron chi connectivity index (χ1n) is 5.03. The van der Waals surface area contributed by atoms with E-state index in [9.17, 15) is 26.4 Å². The van der Waals surface area contributed by atoms with Crippen LogP contribution >= 0.6 is 0 Å². The molecular formula is C8H14N2O8S2. The normalized spacial score (nSPS) is 16.0. The Balaban J connectivity index is 5.14. The lowest BCUT2D eigenvalue weighted by Gasteiger charge is -2.08. The van der Waals surface area contributed by atoms with Gasteiger partial charge in [-0.3, -0.25) is 18.7 Å². The van der Waals surface area contributed by atoms with Crippen molar-refractivity contribution in [1.29, 1.82) is 0 Å². The Morgan fingerprint density at radius 1 is 0.850 bits per heavy atom. The Kier molecular flexibility index (Phi) is 6.60. The van der Waals surface area contributed by atoms with Crippen LogP contribution in [0.2, 0.25) is 0 Å². The van der Waals surface area contributed by atoms with Crippen LogP contribution in [0, 0.1) is 0 Å². The van der Waals surface area contributed by atoms with Crippen molar-refractivity contribution in [3.63, 3.8) is 0 Å². The monoisotopic (exact) mass is 330 g/mol. The molecule has 10 nitrogen and oxygen atoms in total. The van der Waals surface area contributed by atoms with Crippen molar-refractivity contribution in [2.45, 2.75) is 10.5 Å². The summed E-state index contributed by atoms with van der Waals surface area (Å²) in [5, 5.41) is -3.93. The molecule has 20 heavy (non-hydrogen) atoms. The molecule has 0 bridgehead atoms. The maximum absolute atomic E-state index is 11.4. The highest BCUT2D eigenvalue weighted by Crippen LogP contribution is 2.03. The van der Waals surface area contributed by atoms with E-state index in [1.807, 2.05) is 0 Å². The number of ketones is 2. The van der Waals surface area contributed by atoms with Gasteiger partial charge in [0.2, 0.25) is 0 Å². The van der Waals surface area contributed by atoms with E-state index in [0.717, 1.165) is 0 Å². The van der Waals surface area contributed by atoms with Crippen molar-refractivity contribution in [3.05, 3.63) is 12.2 Å².